The molecular formula is C13H17ClO. The molecule has 0 saturated carbocycles. The number of hydrogen-bond donors (Lipinski definition) is 0. The second-order valence-corrected chi connectivity index (χ2v) is 4.71. The minimum absolute atomic E-state index is 0.311. The van der Waals surface area contributed by atoms with Gasteiger partial charge in [-0.3, -0.25) is 4.79 Å². The summed E-state index contributed by atoms with van der Waals surface area (Å²) >= 11 is 5.77. The first-order valence-corrected chi connectivity index (χ1v) is 5.72. The van der Waals surface area contributed by atoms with Crippen LogP contribution in [0.1, 0.15) is 32.3 Å². The topological polar surface area (TPSA) is 17.1 Å². The van der Waals surface area contributed by atoms with Gasteiger partial charge >= 0.3 is 0 Å². The van der Waals surface area contributed by atoms with Gasteiger partial charge in [-0.2, -0.15) is 0 Å². The van der Waals surface area contributed by atoms with Crippen molar-refractivity contribution < 1.29 is 4.79 Å². The molecule has 1 aromatic carbocycles. The maximum Gasteiger partial charge on any atom is 0.137 e. The highest BCUT2D eigenvalue weighted by molar-refractivity contribution is 6.30. The lowest BCUT2D eigenvalue weighted by Gasteiger charge is -2.04. The van der Waals surface area contributed by atoms with E-state index in [2.05, 4.69) is 13.8 Å². The number of ketones is 1. The van der Waals surface area contributed by atoms with Crippen LogP contribution in [-0.2, 0) is 11.2 Å². The minimum atomic E-state index is 0.311. The van der Waals surface area contributed by atoms with E-state index in [-0.39, 0.29) is 0 Å². The van der Waals surface area contributed by atoms with Gasteiger partial charge in [-0.25, -0.2) is 0 Å². The molecule has 0 bridgehead atoms. The van der Waals surface area contributed by atoms with Crippen LogP contribution in [0.15, 0.2) is 24.3 Å². The summed E-state index contributed by atoms with van der Waals surface area (Å²) in [4.78, 5) is 11.6. The third kappa shape index (κ3) is 4.98. The number of Topliss-reactive ketones (excluding diaryl/α,β-unsaturated/α-hetero) is 1. The van der Waals surface area contributed by atoms with Gasteiger partial charge in [0.2, 0.25) is 0 Å². The molecule has 0 radical (unpaired) electrons. The van der Waals surface area contributed by atoms with Crippen molar-refractivity contribution in [2.24, 2.45) is 5.92 Å². The van der Waals surface area contributed by atoms with Crippen LogP contribution in [0.4, 0.5) is 0 Å². The fourth-order valence-corrected chi connectivity index (χ4v) is 1.49. The Hall–Kier alpha value is -0.820. The van der Waals surface area contributed by atoms with Crippen molar-refractivity contribution in [2.75, 3.05) is 0 Å². The van der Waals surface area contributed by atoms with Gasteiger partial charge in [0.05, 0.1) is 0 Å². The van der Waals surface area contributed by atoms with E-state index in [0.717, 1.165) is 12.0 Å². The molecule has 0 unspecified atom stereocenters. The number of rotatable bonds is 5. The van der Waals surface area contributed by atoms with Crippen LogP contribution < -0.4 is 0 Å². The molecule has 0 aliphatic carbocycles. The Balaban J connectivity index is 2.41. The summed E-state index contributed by atoms with van der Waals surface area (Å²) in [5, 5.41) is 0.716. The SMILES string of the molecule is CC(C)CCC(=O)Cc1ccc(Cl)cc1. The highest BCUT2D eigenvalue weighted by Gasteiger charge is 2.04. The summed E-state index contributed by atoms with van der Waals surface area (Å²) in [6.45, 7) is 4.27. The molecule has 0 amide bonds. The van der Waals surface area contributed by atoms with Crippen molar-refractivity contribution in [1.29, 1.82) is 0 Å². The Bertz CT molecular complexity index is 314. The second-order valence-electron chi connectivity index (χ2n) is 4.27. The Morgan fingerprint density at radius 2 is 1.87 bits per heavy atom. The highest BCUT2D eigenvalue weighted by Crippen LogP contribution is 2.12. The number of carbonyl (C=O) groups is 1. The van der Waals surface area contributed by atoms with E-state index in [1.165, 1.54) is 0 Å². The summed E-state index contributed by atoms with van der Waals surface area (Å²) in [7, 11) is 0. The van der Waals surface area contributed by atoms with E-state index < -0.39 is 0 Å². The van der Waals surface area contributed by atoms with Gasteiger partial charge in [-0.05, 0) is 30.0 Å². The molecule has 0 aromatic heterocycles. The smallest absolute Gasteiger partial charge is 0.137 e. The third-order valence-corrected chi connectivity index (χ3v) is 2.57. The zero-order valence-corrected chi connectivity index (χ0v) is 10.1. The fourth-order valence-electron chi connectivity index (χ4n) is 1.37. The summed E-state index contributed by atoms with van der Waals surface area (Å²) in [5.74, 6) is 0.908. The molecule has 0 N–H and O–H groups in total. The summed E-state index contributed by atoms with van der Waals surface area (Å²) in [6.07, 6.45) is 2.19. The largest absolute Gasteiger partial charge is 0.299 e. The predicted molar refractivity (Wildman–Crippen MR) is 64.2 cm³/mol. The average Bonchev–Trinajstić information content (AvgIpc) is 2.19. The zero-order chi connectivity index (χ0) is 11.3. The van der Waals surface area contributed by atoms with Crippen LogP contribution in [-0.4, -0.2) is 5.78 Å². The van der Waals surface area contributed by atoms with E-state index in [9.17, 15) is 4.79 Å². The van der Waals surface area contributed by atoms with Crippen molar-refractivity contribution in [3.05, 3.63) is 34.9 Å². The second kappa shape index (κ2) is 5.92. The fraction of sp³-hybridized carbons (Fsp3) is 0.462. The highest BCUT2D eigenvalue weighted by atomic mass is 35.5. The van der Waals surface area contributed by atoms with Crippen molar-refractivity contribution >= 4 is 17.4 Å². The lowest BCUT2D eigenvalue weighted by atomic mass is 10.0. The van der Waals surface area contributed by atoms with Gasteiger partial charge in [0.1, 0.15) is 5.78 Å². The Morgan fingerprint density at radius 1 is 1.27 bits per heavy atom. The van der Waals surface area contributed by atoms with Crippen LogP contribution in [0.5, 0.6) is 0 Å². The van der Waals surface area contributed by atoms with Crippen LogP contribution >= 0.6 is 11.6 Å². The van der Waals surface area contributed by atoms with Gasteiger partial charge in [0.15, 0.2) is 0 Å². The van der Waals surface area contributed by atoms with E-state index in [0.29, 0.717) is 29.6 Å². The van der Waals surface area contributed by atoms with E-state index in [4.69, 9.17) is 11.6 Å². The number of hydrogen-bond acceptors (Lipinski definition) is 1. The van der Waals surface area contributed by atoms with E-state index in [1.807, 2.05) is 24.3 Å². The third-order valence-electron chi connectivity index (χ3n) is 2.32. The molecule has 15 heavy (non-hydrogen) atoms. The molecule has 0 heterocycles. The van der Waals surface area contributed by atoms with Gasteiger partial charge in [0.25, 0.3) is 0 Å². The summed E-state index contributed by atoms with van der Waals surface area (Å²) < 4.78 is 0. The average molecular weight is 225 g/mol. The first-order chi connectivity index (χ1) is 7.08. The Labute approximate surface area is 96.5 Å². The van der Waals surface area contributed by atoms with Gasteiger partial charge < -0.3 is 0 Å². The van der Waals surface area contributed by atoms with Crippen molar-refractivity contribution in [3.63, 3.8) is 0 Å². The lowest BCUT2D eigenvalue weighted by molar-refractivity contribution is -0.118. The maximum absolute atomic E-state index is 11.6. The van der Waals surface area contributed by atoms with Crippen LogP contribution in [0.25, 0.3) is 0 Å². The van der Waals surface area contributed by atoms with Crippen LogP contribution in [0.3, 0.4) is 0 Å². The number of halogens is 1. The molecule has 0 aliphatic rings. The number of carbonyl (C=O) groups excluding carboxylic acids is 1. The first kappa shape index (κ1) is 12.3. The molecule has 0 aliphatic heterocycles. The molecule has 2 heteroatoms. The molecule has 0 spiro atoms. The summed E-state index contributed by atoms with van der Waals surface area (Å²) in [5.41, 5.74) is 1.05. The molecule has 1 nitrogen and oxygen atoms in total. The Morgan fingerprint density at radius 3 is 2.40 bits per heavy atom. The van der Waals surface area contributed by atoms with E-state index in [1.54, 1.807) is 0 Å². The predicted octanol–water partition coefficient (Wildman–Crippen LogP) is 3.89. The number of benzene rings is 1. The van der Waals surface area contributed by atoms with Gasteiger partial charge in [0, 0.05) is 17.9 Å². The Kier molecular flexibility index (Phi) is 4.83. The van der Waals surface area contributed by atoms with Crippen molar-refractivity contribution in [2.45, 2.75) is 33.1 Å². The van der Waals surface area contributed by atoms with Crippen molar-refractivity contribution in [1.82, 2.24) is 0 Å². The quantitative estimate of drug-likeness (QED) is 0.742. The normalized spacial score (nSPS) is 10.7. The molecule has 0 atom stereocenters. The van der Waals surface area contributed by atoms with Gasteiger partial charge in [-0.15, -0.1) is 0 Å². The van der Waals surface area contributed by atoms with Crippen LogP contribution in [0, 0.1) is 5.92 Å². The van der Waals surface area contributed by atoms with E-state index >= 15 is 0 Å². The zero-order valence-electron chi connectivity index (χ0n) is 9.29. The molecule has 0 fully saturated rings. The van der Waals surface area contributed by atoms with Crippen molar-refractivity contribution in [3.8, 4) is 0 Å². The lowest BCUT2D eigenvalue weighted by Crippen LogP contribution is -2.04. The molecular weight excluding hydrogens is 208 g/mol. The summed E-state index contributed by atoms with van der Waals surface area (Å²) in [6, 6.07) is 7.48. The first-order valence-electron chi connectivity index (χ1n) is 5.34. The molecule has 1 aromatic rings. The maximum atomic E-state index is 11.6. The monoisotopic (exact) mass is 224 g/mol. The van der Waals surface area contributed by atoms with Crippen LogP contribution in [0.2, 0.25) is 5.02 Å². The molecule has 0 saturated heterocycles. The molecule has 82 valence electrons. The van der Waals surface area contributed by atoms with Gasteiger partial charge in [-0.1, -0.05) is 37.6 Å². The standard InChI is InChI=1S/C13H17ClO/c1-10(2)3-8-13(15)9-11-4-6-12(14)7-5-11/h4-7,10H,3,8-9H2,1-2H3. The minimum Gasteiger partial charge on any atom is -0.299 e. The molecule has 1 rings (SSSR count).